The van der Waals surface area contributed by atoms with Gasteiger partial charge in [0.25, 0.3) is 0 Å². The zero-order chi connectivity index (χ0) is 18.4. The van der Waals surface area contributed by atoms with Crippen molar-refractivity contribution in [2.24, 2.45) is 11.7 Å². The van der Waals surface area contributed by atoms with E-state index >= 15 is 0 Å². The molecule has 1 amide bonds. The first-order valence-electron chi connectivity index (χ1n) is 8.58. The molecule has 8 heteroatoms. The third-order valence-corrected chi connectivity index (χ3v) is 5.07. The zero-order valence-electron chi connectivity index (χ0n) is 14.0. The summed E-state index contributed by atoms with van der Waals surface area (Å²) in [5.41, 5.74) is 6.61. The topological polar surface area (TPSA) is 92.6 Å². The Kier molecular flexibility index (Phi) is 4.24. The molecule has 3 atom stereocenters. The van der Waals surface area contributed by atoms with E-state index in [2.05, 4.69) is 4.98 Å². The van der Waals surface area contributed by atoms with Crippen molar-refractivity contribution < 1.29 is 23.1 Å². The maximum absolute atomic E-state index is 13.4. The van der Waals surface area contributed by atoms with Crippen LogP contribution >= 0.6 is 0 Å². The maximum Gasteiger partial charge on any atom is 0.226 e. The van der Waals surface area contributed by atoms with Gasteiger partial charge in [-0.15, -0.1) is 0 Å². The van der Waals surface area contributed by atoms with Crippen molar-refractivity contribution in [3.63, 3.8) is 0 Å². The van der Waals surface area contributed by atoms with Crippen LogP contribution in [0.25, 0.3) is 11.5 Å². The predicted molar refractivity (Wildman–Crippen MR) is 87.7 cm³/mol. The number of hydrogen-bond donors (Lipinski definition) is 2. The van der Waals surface area contributed by atoms with Gasteiger partial charge in [-0.2, -0.15) is 0 Å². The Labute approximate surface area is 148 Å². The summed E-state index contributed by atoms with van der Waals surface area (Å²) in [6.45, 7) is 0.747. The van der Waals surface area contributed by atoms with Crippen LogP contribution < -0.4 is 5.73 Å². The summed E-state index contributed by atoms with van der Waals surface area (Å²) in [5.74, 6) is -0.986. The fourth-order valence-electron chi connectivity index (χ4n) is 3.70. The summed E-state index contributed by atoms with van der Waals surface area (Å²) in [6.07, 6.45) is 0.671. The fourth-order valence-corrected chi connectivity index (χ4v) is 3.70. The van der Waals surface area contributed by atoms with Crippen LogP contribution in [0.15, 0.2) is 22.6 Å². The summed E-state index contributed by atoms with van der Waals surface area (Å²) in [5, 5.41) is 9.76. The highest BCUT2D eigenvalue weighted by Crippen LogP contribution is 2.31. The van der Waals surface area contributed by atoms with Gasteiger partial charge in [-0.1, -0.05) is 0 Å². The second-order valence-electron chi connectivity index (χ2n) is 6.96. The smallest absolute Gasteiger partial charge is 0.226 e. The van der Waals surface area contributed by atoms with Gasteiger partial charge in [0.2, 0.25) is 11.8 Å². The number of benzene rings is 1. The molecule has 1 saturated carbocycles. The lowest BCUT2D eigenvalue weighted by atomic mass is 10.0. The van der Waals surface area contributed by atoms with Gasteiger partial charge >= 0.3 is 0 Å². The van der Waals surface area contributed by atoms with Crippen molar-refractivity contribution in [3.05, 3.63) is 41.3 Å². The molecule has 1 aromatic heterocycles. The Morgan fingerprint density at radius 1 is 1.27 bits per heavy atom. The van der Waals surface area contributed by atoms with E-state index in [9.17, 15) is 18.7 Å². The van der Waals surface area contributed by atoms with Crippen LogP contribution in [-0.4, -0.2) is 39.6 Å². The van der Waals surface area contributed by atoms with Crippen LogP contribution in [0.4, 0.5) is 8.78 Å². The lowest BCUT2D eigenvalue weighted by Gasteiger charge is -2.27. The van der Waals surface area contributed by atoms with Gasteiger partial charge in [0.15, 0.2) is 0 Å². The minimum atomic E-state index is -0.705. The van der Waals surface area contributed by atoms with Gasteiger partial charge in [-0.25, -0.2) is 13.8 Å². The van der Waals surface area contributed by atoms with E-state index in [0.29, 0.717) is 37.3 Å². The standard InChI is InChI=1S/C18H19F2N3O3/c19-11-3-9(4-12(20)7-11)17-22-14-8-23(2-1-16(14)26-17)18(25)10-5-13(21)15(24)6-10/h3-4,7,10,13,15,24H,1-2,5-6,8,21H2/t10-,13+,15+/m0/s1. The largest absolute Gasteiger partial charge is 0.441 e. The molecule has 26 heavy (non-hydrogen) atoms. The number of aliphatic hydroxyl groups is 1. The van der Waals surface area contributed by atoms with Crippen LogP contribution in [0.3, 0.4) is 0 Å². The summed E-state index contributed by atoms with van der Waals surface area (Å²) < 4.78 is 32.5. The number of carbonyl (C=O) groups excluding carboxylic acids is 1. The average Bonchev–Trinajstić information content (AvgIpc) is 3.16. The van der Waals surface area contributed by atoms with Crippen molar-refractivity contribution in [2.45, 2.75) is 38.0 Å². The number of fused-ring (bicyclic) bond motifs is 1. The first-order valence-corrected chi connectivity index (χ1v) is 8.58. The van der Waals surface area contributed by atoms with Crippen LogP contribution in [0.5, 0.6) is 0 Å². The molecular formula is C18H19F2N3O3. The molecule has 1 aliphatic heterocycles. The Morgan fingerprint density at radius 3 is 2.65 bits per heavy atom. The molecule has 4 rings (SSSR count). The Bertz CT molecular complexity index is 824. The number of halogens is 2. The van der Waals surface area contributed by atoms with E-state index in [1.54, 1.807) is 4.90 Å². The first kappa shape index (κ1) is 17.1. The molecule has 2 aliphatic rings. The number of nitrogens with zero attached hydrogens (tertiary/aromatic N) is 2. The SMILES string of the molecule is N[C@@H]1C[C@H](C(=O)N2CCc3oc(-c4cc(F)cc(F)c4)nc3C2)C[C@H]1O. The molecule has 3 N–H and O–H groups in total. The van der Waals surface area contributed by atoms with E-state index in [-0.39, 0.29) is 35.9 Å². The van der Waals surface area contributed by atoms with Crippen molar-refractivity contribution in [1.82, 2.24) is 9.88 Å². The van der Waals surface area contributed by atoms with Gasteiger partial charge in [0.1, 0.15) is 23.1 Å². The van der Waals surface area contributed by atoms with E-state index in [0.717, 1.165) is 18.2 Å². The monoisotopic (exact) mass is 363 g/mol. The van der Waals surface area contributed by atoms with E-state index in [1.165, 1.54) is 0 Å². The second kappa shape index (κ2) is 6.44. The highest BCUT2D eigenvalue weighted by molar-refractivity contribution is 5.79. The van der Waals surface area contributed by atoms with Gasteiger partial charge in [0.05, 0.1) is 12.6 Å². The summed E-state index contributed by atoms with van der Waals surface area (Å²) in [4.78, 5) is 18.7. The molecule has 6 nitrogen and oxygen atoms in total. The number of carbonyl (C=O) groups is 1. The van der Waals surface area contributed by atoms with Gasteiger partial charge in [-0.05, 0) is 25.0 Å². The van der Waals surface area contributed by atoms with Crippen molar-refractivity contribution in [1.29, 1.82) is 0 Å². The number of rotatable bonds is 2. The Hall–Kier alpha value is -2.32. The molecule has 2 heterocycles. The van der Waals surface area contributed by atoms with Gasteiger partial charge in [0, 0.05) is 36.6 Å². The second-order valence-corrected chi connectivity index (χ2v) is 6.96. The minimum Gasteiger partial charge on any atom is -0.441 e. The number of amides is 1. The molecule has 0 spiro atoms. The normalized spacial score (nSPS) is 25.4. The lowest BCUT2D eigenvalue weighted by Crippen LogP contribution is -2.39. The zero-order valence-corrected chi connectivity index (χ0v) is 14.0. The molecule has 1 fully saturated rings. The maximum atomic E-state index is 13.4. The molecule has 0 unspecified atom stereocenters. The summed E-state index contributed by atoms with van der Waals surface area (Å²) in [6, 6.07) is 2.73. The van der Waals surface area contributed by atoms with Gasteiger partial charge < -0.3 is 20.2 Å². The Morgan fingerprint density at radius 2 is 2.00 bits per heavy atom. The number of aliphatic hydroxyl groups excluding tert-OH is 1. The molecule has 1 aliphatic carbocycles. The van der Waals surface area contributed by atoms with Gasteiger partial charge in [-0.3, -0.25) is 4.79 Å². The van der Waals surface area contributed by atoms with Crippen LogP contribution in [0, 0.1) is 17.6 Å². The summed E-state index contributed by atoms with van der Waals surface area (Å²) >= 11 is 0. The minimum absolute atomic E-state index is 0.0519. The molecule has 138 valence electrons. The van der Waals surface area contributed by atoms with E-state index in [4.69, 9.17) is 10.2 Å². The lowest BCUT2D eigenvalue weighted by molar-refractivity contribution is -0.136. The quantitative estimate of drug-likeness (QED) is 0.846. The van der Waals surface area contributed by atoms with Crippen LogP contribution in [0.1, 0.15) is 24.3 Å². The van der Waals surface area contributed by atoms with Crippen molar-refractivity contribution in [2.75, 3.05) is 6.54 Å². The first-order chi connectivity index (χ1) is 12.4. The predicted octanol–water partition coefficient (Wildman–Crippen LogP) is 1.60. The van der Waals surface area contributed by atoms with Crippen molar-refractivity contribution >= 4 is 5.91 Å². The highest BCUT2D eigenvalue weighted by atomic mass is 19.1. The van der Waals surface area contributed by atoms with E-state index in [1.807, 2.05) is 0 Å². The van der Waals surface area contributed by atoms with Crippen LogP contribution in [0.2, 0.25) is 0 Å². The molecule has 2 aromatic rings. The highest BCUT2D eigenvalue weighted by Gasteiger charge is 2.38. The molecule has 0 saturated heterocycles. The van der Waals surface area contributed by atoms with Crippen molar-refractivity contribution in [3.8, 4) is 11.5 Å². The van der Waals surface area contributed by atoms with Crippen LogP contribution in [-0.2, 0) is 17.8 Å². The average molecular weight is 363 g/mol. The number of hydrogen-bond acceptors (Lipinski definition) is 5. The number of aromatic nitrogens is 1. The molecule has 0 bridgehead atoms. The molecule has 0 radical (unpaired) electrons. The number of oxazole rings is 1. The number of nitrogens with two attached hydrogens (primary N) is 1. The fraction of sp³-hybridized carbons (Fsp3) is 0.444. The molecular weight excluding hydrogens is 344 g/mol. The third-order valence-electron chi connectivity index (χ3n) is 5.07. The third kappa shape index (κ3) is 3.10. The van der Waals surface area contributed by atoms with E-state index < -0.39 is 17.7 Å². The Balaban J connectivity index is 1.52. The molecule has 1 aromatic carbocycles. The summed E-state index contributed by atoms with van der Waals surface area (Å²) in [7, 11) is 0.